The van der Waals surface area contributed by atoms with Crippen LogP contribution in [0.3, 0.4) is 0 Å². The van der Waals surface area contributed by atoms with Gasteiger partial charge >= 0.3 is 6.03 Å². The van der Waals surface area contributed by atoms with Crippen LogP contribution in [0.2, 0.25) is 0 Å². The first kappa shape index (κ1) is 17.3. The van der Waals surface area contributed by atoms with Crippen LogP contribution in [0.1, 0.15) is 25.8 Å². The van der Waals surface area contributed by atoms with E-state index in [1.165, 1.54) is 5.69 Å². The largest absolute Gasteiger partial charge is 0.396 e. The van der Waals surface area contributed by atoms with Crippen LogP contribution < -0.4 is 15.5 Å². The molecule has 0 fully saturated rings. The number of hydrogen-bond acceptors (Lipinski definition) is 3. The van der Waals surface area contributed by atoms with Gasteiger partial charge in [0.25, 0.3) is 0 Å². The summed E-state index contributed by atoms with van der Waals surface area (Å²) in [6, 6.07) is 8.03. The van der Waals surface area contributed by atoms with E-state index in [0.29, 0.717) is 18.9 Å². The Morgan fingerprint density at radius 3 is 2.70 bits per heavy atom. The molecule has 0 bridgehead atoms. The third-order valence-electron chi connectivity index (χ3n) is 4.11. The van der Waals surface area contributed by atoms with E-state index in [4.69, 9.17) is 5.11 Å². The predicted octanol–water partition coefficient (Wildman–Crippen LogP) is 2.27. The zero-order chi connectivity index (χ0) is 16.7. The molecule has 1 aromatic carbocycles. The van der Waals surface area contributed by atoms with Gasteiger partial charge in [0, 0.05) is 38.0 Å². The summed E-state index contributed by atoms with van der Waals surface area (Å²) in [7, 11) is 0. The number of rotatable bonds is 7. The lowest BCUT2D eigenvalue weighted by Gasteiger charge is -2.22. The molecule has 0 aromatic heterocycles. The van der Waals surface area contributed by atoms with Crippen molar-refractivity contribution < 1.29 is 9.90 Å². The monoisotopic (exact) mass is 317 g/mol. The number of anilines is 1. The molecule has 0 spiro atoms. The molecule has 1 atom stereocenters. The molecule has 5 nitrogen and oxygen atoms in total. The van der Waals surface area contributed by atoms with E-state index in [0.717, 1.165) is 18.7 Å². The molecule has 0 saturated carbocycles. The van der Waals surface area contributed by atoms with Gasteiger partial charge in [-0.1, -0.05) is 38.1 Å². The number of benzene rings is 1. The summed E-state index contributed by atoms with van der Waals surface area (Å²) in [5.41, 5.74) is 2.25. The zero-order valence-corrected chi connectivity index (χ0v) is 14.0. The highest BCUT2D eigenvalue weighted by molar-refractivity contribution is 5.74. The van der Waals surface area contributed by atoms with Gasteiger partial charge in [0.1, 0.15) is 0 Å². The molecule has 1 aliphatic heterocycles. The Hall–Kier alpha value is -2.01. The highest BCUT2D eigenvalue weighted by Crippen LogP contribution is 2.18. The molecule has 0 saturated heterocycles. The minimum absolute atomic E-state index is 0.0120. The summed E-state index contributed by atoms with van der Waals surface area (Å²) in [6.07, 6.45) is 4.89. The molecule has 1 unspecified atom stereocenters. The number of nitrogens with zero attached hydrogens (tertiary/aromatic N) is 1. The van der Waals surface area contributed by atoms with Crippen LogP contribution in [-0.4, -0.2) is 36.9 Å². The second-order valence-corrected chi connectivity index (χ2v) is 6.24. The molecular formula is C18H27N3O2. The van der Waals surface area contributed by atoms with Gasteiger partial charge in [0.15, 0.2) is 0 Å². The first-order valence-electron chi connectivity index (χ1n) is 8.24. The number of aliphatic hydroxyl groups excluding tert-OH is 1. The Labute approximate surface area is 138 Å². The molecule has 0 radical (unpaired) electrons. The lowest BCUT2D eigenvalue weighted by atomic mass is 10.0. The van der Waals surface area contributed by atoms with E-state index in [1.54, 1.807) is 0 Å². The van der Waals surface area contributed by atoms with Crippen molar-refractivity contribution in [2.45, 2.75) is 32.9 Å². The Kier molecular flexibility index (Phi) is 6.47. The van der Waals surface area contributed by atoms with Gasteiger partial charge in [0.2, 0.25) is 0 Å². The fourth-order valence-electron chi connectivity index (χ4n) is 2.67. The number of amides is 2. The van der Waals surface area contributed by atoms with Gasteiger partial charge < -0.3 is 20.6 Å². The Balaban J connectivity index is 1.85. The summed E-state index contributed by atoms with van der Waals surface area (Å²) in [5.74, 6) is 0.291. The maximum absolute atomic E-state index is 12.0. The maximum Gasteiger partial charge on any atom is 0.315 e. The summed E-state index contributed by atoms with van der Waals surface area (Å²) in [5, 5.41) is 14.9. The van der Waals surface area contributed by atoms with E-state index in [2.05, 4.69) is 39.8 Å². The van der Waals surface area contributed by atoms with Crippen LogP contribution in [-0.2, 0) is 6.54 Å². The van der Waals surface area contributed by atoms with Crippen molar-refractivity contribution in [3.05, 3.63) is 42.0 Å². The van der Waals surface area contributed by atoms with Crippen molar-refractivity contribution in [3.8, 4) is 0 Å². The molecule has 126 valence electrons. The van der Waals surface area contributed by atoms with Crippen LogP contribution in [0.15, 0.2) is 36.4 Å². The number of aliphatic hydroxyl groups is 1. The first-order valence-corrected chi connectivity index (χ1v) is 8.24. The third kappa shape index (κ3) is 5.28. The van der Waals surface area contributed by atoms with Crippen molar-refractivity contribution >= 4 is 11.7 Å². The van der Waals surface area contributed by atoms with Gasteiger partial charge in [-0.3, -0.25) is 0 Å². The summed E-state index contributed by atoms with van der Waals surface area (Å²) < 4.78 is 0. The number of carbonyl (C=O) groups excluding carboxylic acids is 1. The Morgan fingerprint density at radius 2 is 2.04 bits per heavy atom. The average Bonchev–Trinajstić information content (AvgIpc) is 3.07. The summed E-state index contributed by atoms with van der Waals surface area (Å²) >= 11 is 0. The molecular weight excluding hydrogens is 290 g/mol. The quantitative estimate of drug-likeness (QED) is 0.676. The van der Waals surface area contributed by atoms with E-state index < -0.39 is 0 Å². The summed E-state index contributed by atoms with van der Waals surface area (Å²) in [4.78, 5) is 14.3. The molecule has 5 heteroatoms. The minimum Gasteiger partial charge on any atom is -0.396 e. The van der Waals surface area contributed by atoms with Crippen molar-refractivity contribution in [1.29, 1.82) is 0 Å². The van der Waals surface area contributed by atoms with Crippen molar-refractivity contribution in [2.75, 3.05) is 24.6 Å². The molecule has 1 heterocycles. The lowest BCUT2D eigenvalue weighted by molar-refractivity contribution is 0.218. The maximum atomic E-state index is 12.0. The van der Waals surface area contributed by atoms with Gasteiger partial charge in [-0.05, 0) is 30.0 Å². The van der Waals surface area contributed by atoms with E-state index in [1.807, 2.05) is 26.0 Å². The second-order valence-electron chi connectivity index (χ2n) is 6.24. The molecule has 3 N–H and O–H groups in total. The third-order valence-corrected chi connectivity index (χ3v) is 4.11. The highest BCUT2D eigenvalue weighted by Gasteiger charge is 2.15. The number of carbonyl (C=O) groups is 1. The smallest absolute Gasteiger partial charge is 0.315 e. The summed E-state index contributed by atoms with van der Waals surface area (Å²) in [6.45, 7) is 6.52. The van der Waals surface area contributed by atoms with Gasteiger partial charge in [-0.25, -0.2) is 4.79 Å². The van der Waals surface area contributed by atoms with Crippen LogP contribution in [0, 0.1) is 5.92 Å². The Morgan fingerprint density at radius 1 is 1.30 bits per heavy atom. The second kappa shape index (κ2) is 8.58. The van der Waals surface area contributed by atoms with Crippen LogP contribution in [0.25, 0.3) is 0 Å². The highest BCUT2D eigenvalue weighted by atomic mass is 16.3. The molecule has 23 heavy (non-hydrogen) atoms. The van der Waals surface area contributed by atoms with Crippen molar-refractivity contribution in [1.82, 2.24) is 10.6 Å². The molecule has 0 aliphatic carbocycles. The number of nitrogens with one attached hydrogen (secondary N) is 2. The topological polar surface area (TPSA) is 64.6 Å². The van der Waals surface area contributed by atoms with Crippen LogP contribution in [0.5, 0.6) is 0 Å². The Bertz CT molecular complexity index is 535. The van der Waals surface area contributed by atoms with Crippen molar-refractivity contribution in [3.63, 3.8) is 0 Å². The van der Waals surface area contributed by atoms with Crippen LogP contribution in [0.4, 0.5) is 10.5 Å². The molecule has 2 amide bonds. The van der Waals surface area contributed by atoms with E-state index >= 15 is 0 Å². The standard InChI is InChI=1S/C18H27N3O2/c1-14(2)17(8-11-22)20-18(23)19-13-15-6-5-7-16(12-15)21-9-3-4-10-21/h3-7,12,14,17,22H,8-11,13H2,1-2H3,(H2,19,20,23). The fourth-order valence-corrected chi connectivity index (χ4v) is 2.67. The SMILES string of the molecule is CC(C)C(CCO)NC(=O)NCc1cccc(N2CC=CC2)c1. The van der Waals surface area contributed by atoms with Gasteiger partial charge in [0.05, 0.1) is 0 Å². The van der Waals surface area contributed by atoms with E-state index in [9.17, 15) is 4.79 Å². The average molecular weight is 317 g/mol. The molecule has 2 rings (SSSR count). The van der Waals surface area contributed by atoms with Gasteiger partial charge in [-0.2, -0.15) is 0 Å². The number of hydrogen-bond donors (Lipinski definition) is 3. The lowest BCUT2D eigenvalue weighted by Crippen LogP contribution is -2.44. The molecule has 1 aromatic rings. The van der Waals surface area contributed by atoms with Gasteiger partial charge in [-0.15, -0.1) is 0 Å². The zero-order valence-electron chi connectivity index (χ0n) is 14.0. The normalized spacial score (nSPS) is 15.0. The predicted molar refractivity (Wildman–Crippen MR) is 93.5 cm³/mol. The number of urea groups is 1. The fraction of sp³-hybridized carbons (Fsp3) is 0.500. The minimum atomic E-state index is -0.189. The van der Waals surface area contributed by atoms with Crippen LogP contribution >= 0.6 is 0 Å². The molecule has 1 aliphatic rings. The van der Waals surface area contributed by atoms with Crippen molar-refractivity contribution in [2.24, 2.45) is 5.92 Å². The first-order chi connectivity index (χ1) is 11.1. The van der Waals surface area contributed by atoms with E-state index in [-0.39, 0.29) is 18.7 Å².